The Kier molecular flexibility index (Phi) is 8.10. The number of carbonyl (C=O) groups excluding carboxylic acids is 3. The summed E-state index contributed by atoms with van der Waals surface area (Å²) in [6, 6.07) is 10.4. The topological polar surface area (TPSA) is 127 Å². The van der Waals surface area contributed by atoms with Gasteiger partial charge < -0.3 is 16.2 Å². The van der Waals surface area contributed by atoms with Gasteiger partial charge in [-0.25, -0.2) is 0 Å². The molecular formula is C28H34N2O5. The Hall–Kier alpha value is -3.48. The van der Waals surface area contributed by atoms with E-state index in [9.17, 15) is 19.2 Å². The van der Waals surface area contributed by atoms with Crippen LogP contribution in [0.3, 0.4) is 0 Å². The molecule has 186 valence electrons. The number of benzene rings is 2. The molecule has 7 heteroatoms. The van der Waals surface area contributed by atoms with E-state index in [0.717, 1.165) is 17.5 Å². The van der Waals surface area contributed by atoms with Crippen LogP contribution in [0.2, 0.25) is 0 Å². The van der Waals surface area contributed by atoms with Crippen LogP contribution < -0.4 is 11.1 Å². The van der Waals surface area contributed by atoms with Gasteiger partial charge in [-0.1, -0.05) is 57.5 Å². The van der Waals surface area contributed by atoms with Crippen LogP contribution in [-0.2, 0) is 21.5 Å². The maximum atomic E-state index is 14.0. The highest BCUT2D eigenvalue weighted by atomic mass is 16.4. The van der Waals surface area contributed by atoms with Crippen molar-refractivity contribution in [3.05, 3.63) is 64.2 Å². The van der Waals surface area contributed by atoms with Gasteiger partial charge in [-0.05, 0) is 54.4 Å². The van der Waals surface area contributed by atoms with Crippen molar-refractivity contribution in [3.8, 4) is 0 Å². The summed E-state index contributed by atoms with van der Waals surface area (Å²) in [6.07, 6.45) is 3.17. The SMILES string of the molecule is CCCCC(=O)NC1(c2ccc(C(C)C)cc2CCCCC(=O)O)C(=O)c2cccc(N)c2C1=O. The lowest BCUT2D eigenvalue weighted by Crippen LogP contribution is -2.54. The highest BCUT2D eigenvalue weighted by molar-refractivity contribution is 6.35. The summed E-state index contributed by atoms with van der Waals surface area (Å²) >= 11 is 0. The first-order chi connectivity index (χ1) is 16.6. The molecular weight excluding hydrogens is 444 g/mol. The van der Waals surface area contributed by atoms with Crippen molar-refractivity contribution in [2.24, 2.45) is 0 Å². The summed E-state index contributed by atoms with van der Waals surface area (Å²) in [6.45, 7) is 6.06. The molecule has 1 aliphatic carbocycles. The van der Waals surface area contributed by atoms with E-state index in [1.807, 2.05) is 32.9 Å². The smallest absolute Gasteiger partial charge is 0.303 e. The van der Waals surface area contributed by atoms with E-state index >= 15 is 0 Å². The standard InChI is InChI=1S/C28H34N2O5/c1-4-5-12-23(31)30-28(26(34)20-10-8-11-22(29)25(20)27(28)35)21-15-14-18(17(2)3)16-19(21)9-6-7-13-24(32)33/h8,10-11,14-17H,4-7,9,12-13,29H2,1-3H3,(H,30,31)(H,32,33). The Morgan fingerprint density at radius 1 is 1.03 bits per heavy atom. The number of nitrogens with two attached hydrogens (primary N) is 1. The summed E-state index contributed by atoms with van der Waals surface area (Å²) in [5.41, 5.74) is 7.00. The number of carbonyl (C=O) groups is 4. The van der Waals surface area contributed by atoms with Gasteiger partial charge in [0, 0.05) is 24.1 Å². The monoisotopic (exact) mass is 478 g/mol. The predicted molar refractivity (Wildman–Crippen MR) is 135 cm³/mol. The summed E-state index contributed by atoms with van der Waals surface area (Å²) < 4.78 is 0. The average molecular weight is 479 g/mol. The van der Waals surface area contributed by atoms with Crippen LogP contribution in [-0.4, -0.2) is 28.5 Å². The fourth-order valence-corrected chi connectivity index (χ4v) is 4.68. The van der Waals surface area contributed by atoms with Crippen LogP contribution in [0, 0.1) is 0 Å². The zero-order chi connectivity index (χ0) is 25.8. The average Bonchev–Trinajstić information content (AvgIpc) is 3.03. The van der Waals surface area contributed by atoms with Gasteiger partial charge in [-0.3, -0.25) is 19.2 Å². The van der Waals surface area contributed by atoms with Crippen LogP contribution in [0.25, 0.3) is 0 Å². The van der Waals surface area contributed by atoms with E-state index in [1.54, 1.807) is 24.3 Å². The molecule has 0 radical (unpaired) electrons. The Bertz CT molecular complexity index is 1150. The molecule has 0 saturated heterocycles. The number of carboxylic acids is 1. The first kappa shape index (κ1) is 26.1. The molecule has 0 aromatic heterocycles. The van der Waals surface area contributed by atoms with E-state index in [0.29, 0.717) is 31.2 Å². The van der Waals surface area contributed by atoms with Crippen molar-refractivity contribution in [1.29, 1.82) is 0 Å². The summed E-state index contributed by atoms with van der Waals surface area (Å²) in [7, 11) is 0. The Morgan fingerprint density at radius 3 is 2.40 bits per heavy atom. The minimum absolute atomic E-state index is 0.0396. The lowest BCUT2D eigenvalue weighted by molar-refractivity contribution is -0.137. The van der Waals surface area contributed by atoms with Gasteiger partial charge in [0.2, 0.25) is 17.5 Å². The third-order valence-electron chi connectivity index (χ3n) is 6.62. The predicted octanol–water partition coefficient (Wildman–Crippen LogP) is 4.77. The van der Waals surface area contributed by atoms with E-state index in [4.69, 9.17) is 10.8 Å². The number of anilines is 1. The number of rotatable bonds is 11. The van der Waals surface area contributed by atoms with Crippen molar-refractivity contribution < 1.29 is 24.3 Å². The Morgan fingerprint density at radius 2 is 1.77 bits per heavy atom. The second-order valence-corrected chi connectivity index (χ2v) is 9.50. The number of unbranched alkanes of at least 4 members (excludes halogenated alkanes) is 2. The molecule has 0 bridgehead atoms. The second kappa shape index (κ2) is 10.8. The van der Waals surface area contributed by atoms with Gasteiger partial charge in [0.25, 0.3) is 0 Å². The molecule has 0 aliphatic heterocycles. The zero-order valence-corrected chi connectivity index (χ0v) is 20.6. The molecule has 0 saturated carbocycles. The number of aryl methyl sites for hydroxylation is 1. The lowest BCUT2D eigenvalue weighted by atomic mass is 9.79. The van der Waals surface area contributed by atoms with Crippen LogP contribution in [0.1, 0.15) is 103 Å². The summed E-state index contributed by atoms with van der Waals surface area (Å²) in [5.74, 6) is -2.04. The van der Waals surface area contributed by atoms with Gasteiger partial charge in [0.1, 0.15) is 0 Å². The van der Waals surface area contributed by atoms with Crippen LogP contribution >= 0.6 is 0 Å². The van der Waals surface area contributed by atoms with Gasteiger partial charge in [0.05, 0.1) is 5.56 Å². The molecule has 4 N–H and O–H groups in total. The fourth-order valence-electron chi connectivity index (χ4n) is 4.68. The molecule has 1 aliphatic rings. The maximum Gasteiger partial charge on any atom is 0.303 e. The van der Waals surface area contributed by atoms with Crippen molar-refractivity contribution in [2.75, 3.05) is 5.73 Å². The number of fused-ring (bicyclic) bond motifs is 1. The van der Waals surface area contributed by atoms with Crippen molar-refractivity contribution in [3.63, 3.8) is 0 Å². The summed E-state index contributed by atoms with van der Waals surface area (Å²) in [5, 5.41) is 11.8. The molecule has 35 heavy (non-hydrogen) atoms. The van der Waals surface area contributed by atoms with Crippen LogP contribution in [0.15, 0.2) is 36.4 Å². The molecule has 3 rings (SSSR count). The Labute approximate surface area is 206 Å². The molecule has 1 amide bonds. The third-order valence-corrected chi connectivity index (χ3v) is 6.62. The third kappa shape index (κ3) is 5.14. The first-order valence-electron chi connectivity index (χ1n) is 12.3. The number of carboxylic acid groups (broad SMARTS) is 1. The Balaban J connectivity index is 2.16. The molecule has 2 aromatic rings. The number of nitrogen functional groups attached to an aromatic ring is 1. The van der Waals surface area contributed by atoms with Gasteiger partial charge in [-0.15, -0.1) is 0 Å². The van der Waals surface area contributed by atoms with Gasteiger partial charge in [-0.2, -0.15) is 0 Å². The lowest BCUT2D eigenvalue weighted by Gasteiger charge is -2.31. The fraction of sp³-hybridized carbons (Fsp3) is 0.429. The number of amides is 1. The van der Waals surface area contributed by atoms with Crippen molar-refractivity contribution >= 4 is 29.1 Å². The van der Waals surface area contributed by atoms with E-state index in [-0.39, 0.29) is 41.5 Å². The molecule has 2 aromatic carbocycles. The maximum absolute atomic E-state index is 14.0. The largest absolute Gasteiger partial charge is 0.481 e. The minimum atomic E-state index is -1.89. The van der Waals surface area contributed by atoms with Crippen LogP contribution in [0.5, 0.6) is 0 Å². The van der Waals surface area contributed by atoms with E-state index in [1.165, 1.54) is 0 Å². The molecule has 7 nitrogen and oxygen atoms in total. The molecule has 0 heterocycles. The van der Waals surface area contributed by atoms with Crippen molar-refractivity contribution in [2.45, 2.75) is 77.2 Å². The minimum Gasteiger partial charge on any atom is -0.481 e. The number of aliphatic carboxylic acids is 1. The molecule has 0 fully saturated rings. The van der Waals surface area contributed by atoms with Gasteiger partial charge in [0.15, 0.2) is 5.54 Å². The molecule has 1 unspecified atom stereocenters. The highest BCUT2D eigenvalue weighted by Crippen LogP contribution is 2.42. The van der Waals surface area contributed by atoms with Gasteiger partial charge >= 0.3 is 5.97 Å². The zero-order valence-electron chi connectivity index (χ0n) is 20.6. The van der Waals surface area contributed by atoms with Crippen molar-refractivity contribution in [1.82, 2.24) is 5.32 Å². The second-order valence-electron chi connectivity index (χ2n) is 9.50. The van der Waals surface area contributed by atoms with Crippen LogP contribution in [0.4, 0.5) is 5.69 Å². The van der Waals surface area contributed by atoms with E-state index in [2.05, 4.69) is 5.32 Å². The summed E-state index contributed by atoms with van der Waals surface area (Å²) in [4.78, 5) is 51.8. The number of hydrogen-bond donors (Lipinski definition) is 3. The number of hydrogen-bond acceptors (Lipinski definition) is 5. The molecule has 0 spiro atoms. The molecule has 1 atom stereocenters. The number of Topliss-reactive ketones (excluding diaryl/α,β-unsaturated/α-hetero) is 2. The normalized spacial score (nSPS) is 17.0. The quantitative estimate of drug-likeness (QED) is 0.243. The number of ketones is 2. The highest BCUT2D eigenvalue weighted by Gasteiger charge is 2.56. The number of nitrogens with one attached hydrogen (secondary N) is 1. The van der Waals surface area contributed by atoms with E-state index < -0.39 is 23.1 Å². The first-order valence-corrected chi connectivity index (χ1v) is 12.3.